The number of aromatic nitrogens is 5. The number of carbonyl (C=O) groups is 1. The Kier molecular flexibility index (Phi) is 15.3. The van der Waals surface area contributed by atoms with Gasteiger partial charge in [-0.2, -0.15) is 0 Å². The quantitative estimate of drug-likeness (QED) is 0.0315. The van der Waals surface area contributed by atoms with Crippen molar-refractivity contribution < 1.29 is 28.1 Å². The SMILES string of the molecule is CC(C)OC(=O)OCOP(=O)(CO[C@H](C)Cn1cnc2c(N)ncnc21)NCCCCCCCCCCNc1ccnc2cc(Cl)ccc12. The van der Waals surface area contributed by atoms with E-state index in [0.717, 1.165) is 61.7 Å². The second kappa shape index (κ2) is 19.6. The molecule has 0 bridgehead atoms. The number of nitrogen functional groups attached to an aromatic ring is 1. The number of carbonyl (C=O) groups excluding carboxylic acids is 1. The largest absolute Gasteiger partial charge is 0.510 e. The number of pyridine rings is 1. The Bertz CT molecular complexity index is 1680. The van der Waals surface area contributed by atoms with Crippen molar-refractivity contribution in [1.29, 1.82) is 0 Å². The normalized spacial score (nSPS) is 13.5. The maximum atomic E-state index is 13.6. The Morgan fingerprint density at radius 1 is 0.980 bits per heavy atom. The zero-order chi connectivity index (χ0) is 35.1. The van der Waals surface area contributed by atoms with E-state index in [-0.39, 0.29) is 18.6 Å². The van der Waals surface area contributed by atoms with Crippen molar-refractivity contribution in [3.63, 3.8) is 0 Å². The number of imidazole rings is 1. The fourth-order valence-corrected chi connectivity index (χ4v) is 6.76. The Balaban J connectivity index is 1.12. The van der Waals surface area contributed by atoms with E-state index < -0.39 is 20.5 Å². The number of rotatable bonds is 22. The first kappa shape index (κ1) is 38.3. The Morgan fingerprint density at radius 2 is 1.71 bits per heavy atom. The number of nitrogens with zero attached hydrogens (tertiary/aromatic N) is 5. The molecule has 4 aromatic rings. The third-order valence-electron chi connectivity index (χ3n) is 7.66. The molecule has 1 aromatic carbocycles. The topological polar surface area (TPSA) is 178 Å². The third kappa shape index (κ3) is 12.7. The molecule has 4 rings (SSSR count). The van der Waals surface area contributed by atoms with Crippen LogP contribution in [0.1, 0.15) is 72.1 Å². The Hall–Kier alpha value is -3.55. The van der Waals surface area contributed by atoms with Crippen molar-refractivity contribution in [3.8, 4) is 0 Å². The second-order valence-corrected chi connectivity index (χ2v) is 14.7. The lowest BCUT2D eigenvalue weighted by atomic mass is 10.1. The molecule has 4 N–H and O–H groups in total. The van der Waals surface area contributed by atoms with Crippen LogP contribution in [0.15, 0.2) is 43.1 Å². The molecule has 0 fully saturated rings. The van der Waals surface area contributed by atoms with Gasteiger partial charge in [-0.3, -0.25) is 14.1 Å². The van der Waals surface area contributed by atoms with Crippen molar-refractivity contribution in [3.05, 3.63) is 48.1 Å². The zero-order valence-corrected chi connectivity index (χ0v) is 30.1. The molecule has 0 aliphatic rings. The highest BCUT2D eigenvalue weighted by molar-refractivity contribution is 7.56. The van der Waals surface area contributed by atoms with Gasteiger partial charge < -0.3 is 29.8 Å². The minimum Gasteiger partial charge on any atom is -0.432 e. The van der Waals surface area contributed by atoms with E-state index in [1.807, 2.05) is 31.2 Å². The summed E-state index contributed by atoms with van der Waals surface area (Å²) in [5.41, 5.74) is 8.94. The fourth-order valence-electron chi connectivity index (χ4n) is 5.16. The number of hydrogen-bond acceptors (Lipinski definition) is 12. The van der Waals surface area contributed by atoms with E-state index in [4.69, 9.17) is 36.1 Å². The molecule has 268 valence electrons. The molecule has 0 aliphatic heterocycles. The van der Waals surface area contributed by atoms with Crippen LogP contribution in [-0.4, -0.2) is 69.1 Å². The monoisotopic (exact) mass is 718 g/mol. The summed E-state index contributed by atoms with van der Waals surface area (Å²) >= 11 is 6.09. The first-order valence-electron chi connectivity index (χ1n) is 16.8. The van der Waals surface area contributed by atoms with Gasteiger partial charge in [0, 0.05) is 35.4 Å². The predicted octanol–water partition coefficient (Wildman–Crippen LogP) is 7.52. The van der Waals surface area contributed by atoms with Crippen molar-refractivity contribution in [1.82, 2.24) is 29.6 Å². The van der Waals surface area contributed by atoms with Crippen LogP contribution >= 0.6 is 19.1 Å². The summed E-state index contributed by atoms with van der Waals surface area (Å²) in [6, 6.07) is 7.77. The van der Waals surface area contributed by atoms with Crippen molar-refractivity contribution in [2.24, 2.45) is 0 Å². The van der Waals surface area contributed by atoms with Gasteiger partial charge in [0.15, 0.2) is 11.5 Å². The number of unbranched alkanes of at least 4 members (excludes halogenated alkanes) is 7. The molecular formula is C33H48ClN8O6P. The second-order valence-electron chi connectivity index (χ2n) is 12.1. The number of hydrogen-bond donors (Lipinski definition) is 3. The van der Waals surface area contributed by atoms with Crippen LogP contribution in [0.2, 0.25) is 5.02 Å². The highest BCUT2D eigenvalue weighted by atomic mass is 35.5. The van der Waals surface area contributed by atoms with E-state index in [0.29, 0.717) is 35.1 Å². The minimum absolute atomic E-state index is 0.221. The summed E-state index contributed by atoms with van der Waals surface area (Å²) in [7, 11) is -3.52. The standard InChI is InChI=1S/C33H48ClN8O6P/c1-24(2)48-33(43)45-22-47-49(44,23-46-25(3)19-42-21-40-30-31(35)38-20-39-32(30)42)41-16-11-9-7-5-4-6-8-10-15-36-28-14-17-37-29-18-26(34)12-13-27(28)29/h12-14,17-18,20-21,24-25H,4-11,15-16,19,22-23H2,1-3H3,(H,36,37)(H,41,44)(H2,35,38,39)/t25-,49?/m1/s1. The molecule has 0 saturated carbocycles. The maximum absolute atomic E-state index is 13.6. The molecule has 14 nitrogen and oxygen atoms in total. The average molecular weight is 719 g/mol. The van der Waals surface area contributed by atoms with Gasteiger partial charge in [-0.05, 0) is 57.9 Å². The van der Waals surface area contributed by atoms with Crippen molar-refractivity contribution >= 4 is 58.8 Å². The van der Waals surface area contributed by atoms with Gasteiger partial charge in [-0.15, -0.1) is 0 Å². The number of ether oxygens (including phenoxy) is 3. The summed E-state index contributed by atoms with van der Waals surface area (Å²) < 4.78 is 36.8. The predicted molar refractivity (Wildman–Crippen MR) is 192 cm³/mol. The molecule has 2 atom stereocenters. The van der Waals surface area contributed by atoms with Crippen molar-refractivity contribution in [2.45, 2.75) is 90.9 Å². The number of fused-ring (bicyclic) bond motifs is 2. The molecule has 0 spiro atoms. The molecule has 0 radical (unpaired) electrons. The molecule has 3 aromatic heterocycles. The van der Waals surface area contributed by atoms with Crippen LogP contribution in [0.25, 0.3) is 22.1 Å². The van der Waals surface area contributed by atoms with Crippen LogP contribution in [0.4, 0.5) is 16.3 Å². The van der Waals surface area contributed by atoms with E-state index in [2.05, 4.69) is 30.3 Å². The summed E-state index contributed by atoms with van der Waals surface area (Å²) in [5, 5.41) is 8.31. The lowest BCUT2D eigenvalue weighted by molar-refractivity contribution is -0.0110. The molecule has 0 aliphatic carbocycles. The van der Waals surface area contributed by atoms with Crippen LogP contribution in [0.3, 0.4) is 0 Å². The van der Waals surface area contributed by atoms with E-state index in [1.165, 1.54) is 19.2 Å². The summed E-state index contributed by atoms with van der Waals surface area (Å²) in [6.45, 7) is 6.48. The van der Waals surface area contributed by atoms with Gasteiger partial charge in [0.2, 0.25) is 6.79 Å². The lowest BCUT2D eigenvalue weighted by Gasteiger charge is -2.22. The highest BCUT2D eigenvalue weighted by Crippen LogP contribution is 2.42. The van der Waals surface area contributed by atoms with Gasteiger partial charge in [-0.25, -0.2) is 24.8 Å². The maximum Gasteiger partial charge on any atom is 0.510 e. The van der Waals surface area contributed by atoms with Crippen LogP contribution < -0.4 is 16.1 Å². The Labute approximate surface area is 292 Å². The molecule has 1 unspecified atom stereocenters. The van der Waals surface area contributed by atoms with Gasteiger partial charge in [0.1, 0.15) is 18.2 Å². The zero-order valence-electron chi connectivity index (χ0n) is 28.5. The summed E-state index contributed by atoms with van der Waals surface area (Å²) in [4.78, 5) is 28.7. The van der Waals surface area contributed by atoms with Crippen molar-refractivity contribution in [2.75, 3.05) is 37.3 Å². The van der Waals surface area contributed by atoms with E-state index in [9.17, 15) is 9.36 Å². The third-order valence-corrected chi connectivity index (χ3v) is 9.61. The fraction of sp³-hybridized carbons (Fsp3) is 0.545. The van der Waals surface area contributed by atoms with E-state index >= 15 is 0 Å². The van der Waals surface area contributed by atoms with Crippen LogP contribution in [0.5, 0.6) is 0 Å². The highest BCUT2D eigenvalue weighted by Gasteiger charge is 2.26. The first-order valence-corrected chi connectivity index (χ1v) is 19.0. The smallest absolute Gasteiger partial charge is 0.432 e. The van der Waals surface area contributed by atoms with E-state index in [1.54, 1.807) is 30.9 Å². The van der Waals surface area contributed by atoms with Gasteiger partial charge in [-0.1, -0.05) is 50.1 Å². The number of benzene rings is 1. The summed E-state index contributed by atoms with van der Waals surface area (Å²) in [6.07, 6.45) is 11.6. The first-order chi connectivity index (χ1) is 23.6. The minimum atomic E-state index is -3.52. The average Bonchev–Trinajstić information content (AvgIpc) is 3.47. The molecule has 49 heavy (non-hydrogen) atoms. The molecule has 0 saturated heterocycles. The van der Waals surface area contributed by atoms with Gasteiger partial charge >= 0.3 is 6.16 Å². The Morgan fingerprint density at radius 3 is 2.47 bits per heavy atom. The molecular weight excluding hydrogens is 671 g/mol. The van der Waals surface area contributed by atoms with Crippen LogP contribution in [0, 0.1) is 0 Å². The summed E-state index contributed by atoms with van der Waals surface area (Å²) in [5.74, 6) is 0.293. The van der Waals surface area contributed by atoms with Gasteiger partial charge in [0.25, 0.3) is 7.52 Å². The molecule has 16 heteroatoms. The number of anilines is 2. The lowest BCUT2D eigenvalue weighted by Crippen LogP contribution is -2.23. The van der Waals surface area contributed by atoms with Gasteiger partial charge in [0.05, 0.1) is 30.6 Å². The number of nitrogens with one attached hydrogen (secondary N) is 2. The van der Waals surface area contributed by atoms with Crippen LogP contribution in [-0.2, 0) is 29.8 Å². The molecule has 3 heterocycles. The number of halogens is 1. The number of nitrogens with two attached hydrogens (primary N) is 1. The molecule has 0 amide bonds.